The van der Waals surface area contributed by atoms with Crippen LogP contribution in [0.1, 0.15) is 39.9 Å². The first kappa shape index (κ1) is 14.8. The predicted molar refractivity (Wildman–Crippen MR) is 81.6 cm³/mol. The van der Waals surface area contributed by atoms with Gasteiger partial charge in [0.15, 0.2) is 0 Å². The van der Waals surface area contributed by atoms with Crippen molar-refractivity contribution in [3.05, 3.63) is 21.4 Å². The number of carbonyl (C=O) groups excluding carboxylic acids is 1. The lowest BCUT2D eigenvalue weighted by Crippen LogP contribution is -2.51. The molecule has 1 aliphatic carbocycles. The summed E-state index contributed by atoms with van der Waals surface area (Å²) in [5, 5.41) is 3.38. The van der Waals surface area contributed by atoms with Crippen molar-refractivity contribution in [3.8, 4) is 0 Å². The summed E-state index contributed by atoms with van der Waals surface area (Å²) >= 11 is 1.73. The van der Waals surface area contributed by atoms with Crippen molar-refractivity contribution in [2.45, 2.75) is 38.6 Å². The van der Waals surface area contributed by atoms with E-state index in [2.05, 4.69) is 18.3 Å². The van der Waals surface area contributed by atoms with Crippen LogP contribution in [-0.2, 0) is 12.8 Å². The zero-order valence-corrected chi connectivity index (χ0v) is 12.9. The molecule has 1 fully saturated rings. The van der Waals surface area contributed by atoms with Crippen molar-refractivity contribution in [2.75, 3.05) is 19.6 Å². The zero-order chi connectivity index (χ0) is 12.5. The zero-order valence-electron chi connectivity index (χ0n) is 11.3. The van der Waals surface area contributed by atoms with Crippen LogP contribution in [0.3, 0.4) is 0 Å². The second kappa shape index (κ2) is 6.25. The molecule has 0 unspecified atom stereocenters. The molecule has 3 rings (SSSR count). The molecule has 0 spiro atoms. The van der Waals surface area contributed by atoms with Gasteiger partial charge >= 0.3 is 0 Å². The van der Waals surface area contributed by atoms with E-state index in [9.17, 15) is 4.79 Å². The second-order valence-corrected chi connectivity index (χ2v) is 6.51. The van der Waals surface area contributed by atoms with Gasteiger partial charge in [-0.2, -0.15) is 0 Å². The molecule has 1 saturated heterocycles. The summed E-state index contributed by atoms with van der Waals surface area (Å²) in [6.07, 6.45) is 4.90. The molecule has 0 aromatic carbocycles. The molecule has 2 aliphatic rings. The molecular weight excluding hydrogens is 280 g/mol. The Morgan fingerprint density at radius 1 is 1.42 bits per heavy atom. The molecule has 1 amide bonds. The van der Waals surface area contributed by atoms with Gasteiger partial charge in [-0.25, -0.2) is 0 Å². The van der Waals surface area contributed by atoms with E-state index in [1.807, 2.05) is 4.90 Å². The quantitative estimate of drug-likeness (QED) is 0.864. The molecule has 3 nitrogen and oxygen atoms in total. The summed E-state index contributed by atoms with van der Waals surface area (Å²) in [6.45, 7) is 4.73. The monoisotopic (exact) mass is 300 g/mol. The molecule has 0 bridgehead atoms. The van der Waals surface area contributed by atoms with Crippen molar-refractivity contribution < 1.29 is 4.79 Å². The maximum absolute atomic E-state index is 12.5. The predicted octanol–water partition coefficient (Wildman–Crippen LogP) is 2.48. The Morgan fingerprint density at radius 3 is 2.95 bits per heavy atom. The fraction of sp³-hybridized carbons (Fsp3) is 0.643. The lowest BCUT2D eigenvalue weighted by atomic mass is 9.99. The van der Waals surface area contributed by atoms with Gasteiger partial charge in [0.1, 0.15) is 0 Å². The van der Waals surface area contributed by atoms with E-state index < -0.39 is 0 Å². The molecule has 0 saturated carbocycles. The van der Waals surface area contributed by atoms with E-state index in [-0.39, 0.29) is 18.3 Å². The SMILES string of the molecule is C[C@@H]1CN(C(=O)c2cc3c(s2)CCCC3)CCN1.Cl. The topological polar surface area (TPSA) is 32.3 Å². The second-order valence-electron chi connectivity index (χ2n) is 5.37. The molecule has 1 atom stereocenters. The molecule has 0 radical (unpaired) electrons. The summed E-state index contributed by atoms with van der Waals surface area (Å²) in [5.41, 5.74) is 1.43. The molecule has 1 aliphatic heterocycles. The van der Waals surface area contributed by atoms with Crippen LogP contribution in [0.15, 0.2) is 6.07 Å². The molecule has 5 heteroatoms. The average Bonchev–Trinajstić information content (AvgIpc) is 2.81. The fourth-order valence-electron chi connectivity index (χ4n) is 2.87. The standard InChI is InChI=1S/C14H20N2OS.ClH/c1-10-9-16(7-6-15-10)14(17)13-8-11-4-2-3-5-12(11)18-13;/h8,10,15H,2-7,9H2,1H3;1H/t10-;/m1./s1. The summed E-state index contributed by atoms with van der Waals surface area (Å²) in [6, 6.07) is 2.56. The van der Waals surface area contributed by atoms with Gasteiger partial charge in [0, 0.05) is 30.6 Å². The molecule has 1 aromatic rings. The summed E-state index contributed by atoms with van der Waals surface area (Å²) in [5.74, 6) is 0.239. The van der Waals surface area contributed by atoms with Crippen molar-refractivity contribution in [1.29, 1.82) is 0 Å². The maximum atomic E-state index is 12.5. The third-order valence-electron chi connectivity index (χ3n) is 3.86. The van der Waals surface area contributed by atoms with Gasteiger partial charge in [-0.15, -0.1) is 23.7 Å². The van der Waals surface area contributed by atoms with E-state index in [0.717, 1.165) is 30.9 Å². The van der Waals surface area contributed by atoms with Crippen molar-refractivity contribution in [2.24, 2.45) is 0 Å². The van der Waals surface area contributed by atoms with Gasteiger partial charge < -0.3 is 10.2 Å². The van der Waals surface area contributed by atoms with Crippen molar-refractivity contribution >= 4 is 29.7 Å². The molecule has 106 valence electrons. The molecule has 19 heavy (non-hydrogen) atoms. The smallest absolute Gasteiger partial charge is 0.264 e. The largest absolute Gasteiger partial charge is 0.335 e. The summed E-state index contributed by atoms with van der Waals surface area (Å²) in [4.78, 5) is 16.9. The molecule has 1 N–H and O–H groups in total. The van der Waals surface area contributed by atoms with Crippen LogP contribution < -0.4 is 5.32 Å². The Labute approximate surface area is 124 Å². The highest BCUT2D eigenvalue weighted by Crippen LogP contribution is 2.30. The first-order chi connectivity index (χ1) is 8.74. The van der Waals surface area contributed by atoms with E-state index in [1.54, 1.807) is 11.3 Å². The van der Waals surface area contributed by atoms with Crippen LogP contribution in [0.2, 0.25) is 0 Å². The molecule has 1 aromatic heterocycles. The summed E-state index contributed by atoms with van der Waals surface area (Å²) in [7, 11) is 0. The molecular formula is C14H21ClN2OS. The van der Waals surface area contributed by atoms with Crippen LogP contribution >= 0.6 is 23.7 Å². The first-order valence-electron chi connectivity index (χ1n) is 6.88. The minimum atomic E-state index is 0. The number of carbonyl (C=O) groups is 1. The Balaban J connectivity index is 0.00000133. The van der Waals surface area contributed by atoms with Gasteiger partial charge in [-0.1, -0.05) is 0 Å². The third kappa shape index (κ3) is 3.12. The van der Waals surface area contributed by atoms with Gasteiger partial charge in [-0.3, -0.25) is 4.79 Å². The Morgan fingerprint density at radius 2 is 2.21 bits per heavy atom. The number of hydrogen-bond acceptors (Lipinski definition) is 3. The lowest BCUT2D eigenvalue weighted by Gasteiger charge is -2.31. The van der Waals surface area contributed by atoms with E-state index >= 15 is 0 Å². The maximum Gasteiger partial charge on any atom is 0.264 e. The number of halogens is 1. The number of fused-ring (bicyclic) bond motifs is 1. The Bertz CT molecular complexity index is 437. The van der Waals surface area contributed by atoms with Crippen LogP contribution in [0.4, 0.5) is 0 Å². The number of hydrogen-bond donors (Lipinski definition) is 1. The van der Waals surface area contributed by atoms with E-state index in [1.165, 1.54) is 29.7 Å². The van der Waals surface area contributed by atoms with E-state index in [0.29, 0.717) is 6.04 Å². The average molecular weight is 301 g/mol. The van der Waals surface area contributed by atoms with E-state index in [4.69, 9.17) is 0 Å². The number of rotatable bonds is 1. The lowest BCUT2D eigenvalue weighted by molar-refractivity contribution is 0.0714. The van der Waals surface area contributed by atoms with Gasteiger partial charge in [0.2, 0.25) is 0 Å². The van der Waals surface area contributed by atoms with Crippen LogP contribution in [0.25, 0.3) is 0 Å². The number of piperazine rings is 1. The minimum absolute atomic E-state index is 0. The number of thiophene rings is 1. The number of amides is 1. The highest BCUT2D eigenvalue weighted by atomic mass is 35.5. The van der Waals surface area contributed by atoms with Crippen LogP contribution in [0, 0.1) is 0 Å². The summed E-state index contributed by atoms with van der Waals surface area (Å²) < 4.78 is 0. The Kier molecular flexibility index (Phi) is 4.87. The highest BCUT2D eigenvalue weighted by Gasteiger charge is 2.24. The van der Waals surface area contributed by atoms with Crippen LogP contribution in [-0.4, -0.2) is 36.5 Å². The van der Waals surface area contributed by atoms with Gasteiger partial charge in [-0.05, 0) is 44.2 Å². The van der Waals surface area contributed by atoms with Crippen molar-refractivity contribution in [3.63, 3.8) is 0 Å². The van der Waals surface area contributed by atoms with Crippen LogP contribution in [0.5, 0.6) is 0 Å². The number of aryl methyl sites for hydroxylation is 2. The highest BCUT2D eigenvalue weighted by molar-refractivity contribution is 7.14. The normalized spacial score (nSPS) is 22.6. The Hall–Kier alpha value is -0.580. The fourth-order valence-corrected chi connectivity index (χ4v) is 4.09. The number of nitrogens with one attached hydrogen (secondary N) is 1. The first-order valence-corrected chi connectivity index (χ1v) is 7.70. The molecule has 2 heterocycles. The van der Waals surface area contributed by atoms with Gasteiger partial charge in [0.05, 0.1) is 4.88 Å². The van der Waals surface area contributed by atoms with Gasteiger partial charge in [0.25, 0.3) is 5.91 Å². The van der Waals surface area contributed by atoms with Crippen molar-refractivity contribution in [1.82, 2.24) is 10.2 Å². The number of nitrogens with zero attached hydrogens (tertiary/aromatic N) is 1. The third-order valence-corrected chi connectivity index (χ3v) is 5.09. The minimum Gasteiger partial charge on any atom is -0.335 e.